The van der Waals surface area contributed by atoms with E-state index in [0.717, 1.165) is 11.1 Å². The molecule has 5 nitrogen and oxygen atoms in total. The van der Waals surface area contributed by atoms with Gasteiger partial charge in [-0.05, 0) is 39.9 Å². The van der Waals surface area contributed by atoms with Crippen molar-refractivity contribution in [3.8, 4) is 11.5 Å². The maximum absolute atomic E-state index is 11.0. The summed E-state index contributed by atoms with van der Waals surface area (Å²) in [5.74, 6) is 0.349. The van der Waals surface area contributed by atoms with Crippen LogP contribution in [0.2, 0.25) is 0 Å². The van der Waals surface area contributed by atoms with E-state index in [4.69, 9.17) is 20.3 Å². The summed E-state index contributed by atoms with van der Waals surface area (Å²) >= 11 is 3.42. The number of nitrogens with two attached hydrogens (primary N) is 1. The third-order valence-corrected chi connectivity index (χ3v) is 3.65. The number of ether oxygens (including phenoxy) is 2. The monoisotopic (exact) mass is 345 g/mol. The van der Waals surface area contributed by atoms with E-state index in [0.29, 0.717) is 16.0 Å². The molecule has 112 valence electrons. The highest BCUT2D eigenvalue weighted by Gasteiger charge is 2.23. The molecule has 0 bridgehead atoms. The van der Waals surface area contributed by atoms with E-state index < -0.39 is 12.0 Å². The molecule has 0 aliphatic carbocycles. The highest BCUT2D eigenvalue weighted by molar-refractivity contribution is 9.10. The summed E-state index contributed by atoms with van der Waals surface area (Å²) in [6, 6.07) is 0.900. The molecule has 6 heteroatoms. The lowest BCUT2D eigenvalue weighted by Crippen LogP contribution is -2.32. The number of rotatable bonds is 6. The van der Waals surface area contributed by atoms with Gasteiger partial charge >= 0.3 is 5.97 Å². The van der Waals surface area contributed by atoms with Gasteiger partial charge in [0, 0.05) is 5.56 Å². The van der Waals surface area contributed by atoms with Crippen LogP contribution in [-0.2, 0) is 11.2 Å². The SMILES string of the molecule is COc1c(Br)cc(CC(N)C(=O)O)c(C(C)C)c1OC. The summed E-state index contributed by atoms with van der Waals surface area (Å²) in [6.45, 7) is 4.03. The van der Waals surface area contributed by atoms with Crippen LogP contribution in [0.15, 0.2) is 10.5 Å². The Morgan fingerprint density at radius 2 is 1.90 bits per heavy atom. The van der Waals surface area contributed by atoms with Crippen LogP contribution in [0.25, 0.3) is 0 Å². The minimum atomic E-state index is -1.02. The molecule has 1 unspecified atom stereocenters. The van der Waals surface area contributed by atoms with Gasteiger partial charge < -0.3 is 20.3 Å². The fourth-order valence-electron chi connectivity index (χ4n) is 2.19. The lowest BCUT2D eigenvalue weighted by atomic mass is 9.92. The number of hydrogen-bond acceptors (Lipinski definition) is 4. The third-order valence-electron chi connectivity index (χ3n) is 3.06. The first-order valence-corrected chi connectivity index (χ1v) is 7.04. The van der Waals surface area contributed by atoms with E-state index in [9.17, 15) is 4.79 Å². The van der Waals surface area contributed by atoms with Gasteiger partial charge in [0.25, 0.3) is 0 Å². The first kappa shape index (κ1) is 16.8. The zero-order valence-corrected chi connectivity index (χ0v) is 13.7. The summed E-state index contributed by atoms with van der Waals surface area (Å²) in [6.07, 6.45) is 0.238. The molecule has 0 aromatic heterocycles. The molecule has 20 heavy (non-hydrogen) atoms. The number of methoxy groups -OCH3 is 2. The van der Waals surface area contributed by atoms with Crippen molar-refractivity contribution in [2.75, 3.05) is 14.2 Å². The summed E-state index contributed by atoms with van der Waals surface area (Å²) in [5.41, 5.74) is 7.41. The first-order chi connectivity index (χ1) is 9.33. The van der Waals surface area contributed by atoms with Crippen LogP contribution in [0.5, 0.6) is 11.5 Å². The Labute approximate surface area is 127 Å². The Hall–Kier alpha value is -1.27. The summed E-state index contributed by atoms with van der Waals surface area (Å²) in [7, 11) is 3.13. The molecule has 0 amide bonds. The molecule has 0 aliphatic heterocycles. The van der Waals surface area contributed by atoms with E-state index in [2.05, 4.69) is 15.9 Å². The van der Waals surface area contributed by atoms with Crippen LogP contribution in [-0.4, -0.2) is 31.3 Å². The van der Waals surface area contributed by atoms with Gasteiger partial charge in [-0.2, -0.15) is 0 Å². The van der Waals surface area contributed by atoms with Gasteiger partial charge in [0.1, 0.15) is 6.04 Å². The van der Waals surface area contributed by atoms with Gasteiger partial charge in [-0.3, -0.25) is 4.79 Å². The summed E-state index contributed by atoms with van der Waals surface area (Å²) in [4.78, 5) is 11.0. The molecule has 0 heterocycles. The predicted molar refractivity (Wildman–Crippen MR) is 80.7 cm³/mol. The van der Waals surface area contributed by atoms with Crippen LogP contribution in [0.4, 0.5) is 0 Å². The number of aliphatic carboxylic acids is 1. The summed E-state index contributed by atoms with van der Waals surface area (Å²) < 4.78 is 11.5. The molecule has 1 aromatic rings. The minimum absolute atomic E-state index is 0.156. The molecule has 0 saturated carbocycles. The molecule has 0 aliphatic rings. The Morgan fingerprint density at radius 1 is 1.35 bits per heavy atom. The largest absolute Gasteiger partial charge is 0.493 e. The lowest BCUT2D eigenvalue weighted by molar-refractivity contribution is -0.138. The fraction of sp³-hybridized carbons (Fsp3) is 0.500. The fourth-order valence-corrected chi connectivity index (χ4v) is 2.81. The number of halogens is 1. The predicted octanol–water partition coefficient (Wildman–Crippen LogP) is 2.54. The molecular weight excluding hydrogens is 326 g/mol. The molecule has 1 aromatic carbocycles. The van der Waals surface area contributed by atoms with E-state index in [1.165, 1.54) is 0 Å². The number of hydrogen-bond donors (Lipinski definition) is 2. The van der Waals surface area contributed by atoms with Gasteiger partial charge in [-0.25, -0.2) is 0 Å². The minimum Gasteiger partial charge on any atom is -0.493 e. The number of carbonyl (C=O) groups is 1. The second-order valence-electron chi connectivity index (χ2n) is 4.80. The quantitative estimate of drug-likeness (QED) is 0.827. The molecule has 0 fully saturated rings. The average Bonchev–Trinajstić information content (AvgIpc) is 2.36. The zero-order valence-electron chi connectivity index (χ0n) is 12.1. The Balaban J connectivity index is 3.43. The van der Waals surface area contributed by atoms with E-state index >= 15 is 0 Å². The Bertz CT molecular complexity index is 502. The zero-order chi connectivity index (χ0) is 15.4. The van der Waals surface area contributed by atoms with E-state index in [-0.39, 0.29) is 12.3 Å². The molecule has 1 rings (SSSR count). The lowest BCUT2D eigenvalue weighted by Gasteiger charge is -2.21. The van der Waals surface area contributed by atoms with E-state index in [1.54, 1.807) is 14.2 Å². The van der Waals surface area contributed by atoms with Gasteiger partial charge in [0.05, 0.1) is 18.7 Å². The maximum atomic E-state index is 11.0. The van der Waals surface area contributed by atoms with Crippen molar-refractivity contribution in [2.24, 2.45) is 5.73 Å². The number of carboxylic acid groups (broad SMARTS) is 1. The van der Waals surface area contributed by atoms with Crippen molar-refractivity contribution < 1.29 is 19.4 Å². The Morgan fingerprint density at radius 3 is 2.30 bits per heavy atom. The van der Waals surface area contributed by atoms with Crippen molar-refractivity contribution >= 4 is 21.9 Å². The number of carboxylic acids is 1. The van der Waals surface area contributed by atoms with Crippen LogP contribution in [0.3, 0.4) is 0 Å². The molecule has 0 saturated heterocycles. The standard InChI is InChI=1S/C14H20BrNO4/c1-7(2)11-8(6-10(16)14(17)18)5-9(15)12(19-3)13(11)20-4/h5,7,10H,6,16H2,1-4H3,(H,17,18). The number of benzene rings is 1. The average molecular weight is 346 g/mol. The van der Waals surface area contributed by atoms with Gasteiger partial charge in [0.15, 0.2) is 11.5 Å². The molecule has 0 spiro atoms. The molecule has 1 atom stereocenters. The van der Waals surface area contributed by atoms with Crippen LogP contribution >= 0.6 is 15.9 Å². The van der Waals surface area contributed by atoms with Crippen LogP contribution in [0, 0.1) is 0 Å². The van der Waals surface area contributed by atoms with Crippen molar-refractivity contribution in [2.45, 2.75) is 32.2 Å². The first-order valence-electron chi connectivity index (χ1n) is 6.25. The topological polar surface area (TPSA) is 81.8 Å². The second kappa shape index (κ2) is 6.95. The van der Waals surface area contributed by atoms with Gasteiger partial charge in [-0.15, -0.1) is 0 Å². The van der Waals surface area contributed by atoms with Crippen LogP contribution in [0.1, 0.15) is 30.9 Å². The van der Waals surface area contributed by atoms with Gasteiger partial charge in [0.2, 0.25) is 0 Å². The third kappa shape index (κ3) is 3.43. The highest BCUT2D eigenvalue weighted by Crippen LogP contribution is 2.43. The summed E-state index contributed by atoms with van der Waals surface area (Å²) in [5, 5.41) is 8.98. The van der Waals surface area contributed by atoms with Crippen molar-refractivity contribution in [1.82, 2.24) is 0 Å². The van der Waals surface area contributed by atoms with Crippen molar-refractivity contribution in [3.63, 3.8) is 0 Å². The van der Waals surface area contributed by atoms with Crippen molar-refractivity contribution in [1.29, 1.82) is 0 Å². The van der Waals surface area contributed by atoms with Gasteiger partial charge in [-0.1, -0.05) is 13.8 Å². The van der Waals surface area contributed by atoms with Crippen LogP contribution < -0.4 is 15.2 Å². The molecule has 0 radical (unpaired) electrons. The van der Waals surface area contributed by atoms with E-state index in [1.807, 2.05) is 19.9 Å². The smallest absolute Gasteiger partial charge is 0.320 e. The normalized spacial score (nSPS) is 12.3. The Kier molecular flexibility index (Phi) is 5.83. The maximum Gasteiger partial charge on any atom is 0.320 e. The second-order valence-corrected chi connectivity index (χ2v) is 5.66. The molecular formula is C14H20BrNO4. The van der Waals surface area contributed by atoms with Crippen molar-refractivity contribution in [3.05, 3.63) is 21.7 Å². The molecule has 3 N–H and O–H groups in total. The highest BCUT2D eigenvalue weighted by atomic mass is 79.9.